The minimum atomic E-state index is -1.08. The van der Waals surface area contributed by atoms with Crippen LogP contribution in [0.15, 0.2) is 0 Å². The zero-order chi connectivity index (χ0) is 16.6. The van der Waals surface area contributed by atoms with Crippen molar-refractivity contribution >= 4 is 18.0 Å². The highest BCUT2D eigenvalue weighted by Gasteiger charge is 2.29. The summed E-state index contributed by atoms with van der Waals surface area (Å²) in [7, 11) is 2.36. The number of nitrogens with one attached hydrogen (secondary N) is 1. The standard InChI is InChI=1S/C13H23NO6/c1-8(10(15)18-5)7-9(11(16)19-6)14-12(17)20-13(2,3)4/h8-9H,7H2,1-6H3,(H,14,17)/t8-,9+/m1/s1/i1D. The van der Waals surface area contributed by atoms with E-state index in [1.165, 1.54) is 14.2 Å². The molecular formula is C13H23NO6. The van der Waals surface area contributed by atoms with Crippen molar-refractivity contribution in [2.45, 2.75) is 45.7 Å². The van der Waals surface area contributed by atoms with Crippen LogP contribution < -0.4 is 5.32 Å². The van der Waals surface area contributed by atoms with Crippen molar-refractivity contribution in [3.05, 3.63) is 0 Å². The summed E-state index contributed by atoms with van der Waals surface area (Å²) in [5.74, 6) is -2.18. The van der Waals surface area contributed by atoms with E-state index in [2.05, 4.69) is 14.8 Å². The van der Waals surface area contributed by atoms with Crippen LogP contribution in [-0.2, 0) is 23.8 Å². The summed E-state index contributed by atoms with van der Waals surface area (Å²) in [4.78, 5) is 34.8. The third kappa shape index (κ3) is 6.96. The number of carbonyl (C=O) groups is 3. The van der Waals surface area contributed by atoms with Crippen molar-refractivity contribution in [1.29, 1.82) is 0 Å². The van der Waals surface area contributed by atoms with E-state index in [4.69, 9.17) is 6.11 Å². The van der Waals surface area contributed by atoms with Crippen molar-refractivity contribution < 1.29 is 30.0 Å². The van der Waals surface area contributed by atoms with E-state index in [-0.39, 0.29) is 13.3 Å². The third-order valence-corrected chi connectivity index (χ3v) is 2.23. The lowest BCUT2D eigenvalue weighted by Gasteiger charge is -2.23. The quantitative estimate of drug-likeness (QED) is 0.605. The number of esters is 2. The van der Waals surface area contributed by atoms with Crippen LogP contribution in [0, 0.1) is 5.92 Å². The Morgan fingerprint density at radius 3 is 2.10 bits per heavy atom. The SMILES string of the molecule is [2H]C[C@H](C[C@H](NC(=O)OC(C)(C)C)C(=O)OC)C(=O)OC. The van der Waals surface area contributed by atoms with Crippen LogP contribution >= 0.6 is 0 Å². The Kier molecular flexibility index (Phi) is 6.27. The lowest BCUT2D eigenvalue weighted by Crippen LogP contribution is -2.45. The van der Waals surface area contributed by atoms with Gasteiger partial charge < -0.3 is 19.5 Å². The molecule has 2 atom stereocenters. The predicted octanol–water partition coefficient (Wildman–Crippen LogP) is 1.25. The molecule has 0 radical (unpaired) electrons. The molecular weight excluding hydrogens is 266 g/mol. The van der Waals surface area contributed by atoms with E-state index >= 15 is 0 Å². The zero-order valence-corrected chi connectivity index (χ0v) is 12.5. The second-order valence-electron chi connectivity index (χ2n) is 5.18. The molecule has 0 aliphatic heterocycles. The van der Waals surface area contributed by atoms with Crippen LogP contribution in [0.1, 0.15) is 35.5 Å². The van der Waals surface area contributed by atoms with Crippen LogP contribution in [0.4, 0.5) is 4.79 Å². The zero-order valence-electron chi connectivity index (χ0n) is 13.5. The molecule has 0 unspecified atom stereocenters. The number of amides is 1. The lowest BCUT2D eigenvalue weighted by atomic mass is 10.0. The van der Waals surface area contributed by atoms with E-state index < -0.39 is 35.6 Å². The molecule has 0 aromatic rings. The maximum atomic E-state index is 11.7. The summed E-state index contributed by atoms with van der Waals surface area (Å²) in [6, 6.07) is -1.08. The Morgan fingerprint density at radius 2 is 1.70 bits per heavy atom. The summed E-state index contributed by atoms with van der Waals surface area (Å²) < 4.78 is 21.5. The number of carbonyl (C=O) groups excluding carboxylic acids is 3. The summed E-state index contributed by atoms with van der Waals surface area (Å²) in [5.41, 5.74) is -0.720. The van der Waals surface area contributed by atoms with Crippen molar-refractivity contribution in [2.24, 2.45) is 5.92 Å². The fourth-order valence-corrected chi connectivity index (χ4v) is 1.35. The summed E-state index contributed by atoms with van der Waals surface area (Å²) in [6.45, 7) is 4.78. The molecule has 0 saturated heterocycles. The summed E-state index contributed by atoms with van der Waals surface area (Å²) >= 11 is 0. The normalized spacial score (nSPS) is 14.6. The molecule has 0 spiro atoms. The molecule has 0 fully saturated rings. The molecule has 0 bridgehead atoms. The van der Waals surface area contributed by atoms with Gasteiger partial charge in [0.25, 0.3) is 0 Å². The molecule has 0 aromatic heterocycles. The largest absolute Gasteiger partial charge is 0.469 e. The van der Waals surface area contributed by atoms with Gasteiger partial charge >= 0.3 is 18.0 Å². The van der Waals surface area contributed by atoms with Crippen molar-refractivity contribution in [2.75, 3.05) is 14.2 Å². The minimum Gasteiger partial charge on any atom is -0.469 e. The monoisotopic (exact) mass is 290 g/mol. The van der Waals surface area contributed by atoms with Gasteiger partial charge in [0.05, 0.1) is 20.1 Å². The van der Waals surface area contributed by atoms with Gasteiger partial charge in [-0.1, -0.05) is 6.90 Å². The summed E-state index contributed by atoms with van der Waals surface area (Å²) in [6.07, 6.45) is -0.895. The first-order chi connectivity index (χ1) is 9.64. The molecule has 0 aromatic carbocycles. The lowest BCUT2D eigenvalue weighted by molar-refractivity contribution is -0.147. The summed E-state index contributed by atoms with van der Waals surface area (Å²) in [5, 5.41) is 2.34. The second-order valence-corrected chi connectivity index (χ2v) is 5.18. The fourth-order valence-electron chi connectivity index (χ4n) is 1.35. The van der Waals surface area contributed by atoms with Crippen LogP contribution in [0.25, 0.3) is 0 Å². The van der Waals surface area contributed by atoms with Gasteiger partial charge in [0, 0.05) is 1.37 Å². The molecule has 0 aliphatic rings. The smallest absolute Gasteiger partial charge is 0.408 e. The van der Waals surface area contributed by atoms with E-state index in [0.29, 0.717) is 0 Å². The van der Waals surface area contributed by atoms with Crippen molar-refractivity contribution in [3.8, 4) is 0 Å². The molecule has 7 nitrogen and oxygen atoms in total. The Bertz CT molecular complexity index is 379. The van der Waals surface area contributed by atoms with E-state index in [1.807, 2.05) is 0 Å². The van der Waals surface area contributed by atoms with Crippen LogP contribution in [0.3, 0.4) is 0 Å². The van der Waals surface area contributed by atoms with Gasteiger partial charge in [-0.2, -0.15) is 0 Å². The third-order valence-electron chi connectivity index (χ3n) is 2.23. The molecule has 1 N–H and O–H groups in total. The maximum absolute atomic E-state index is 11.7. The number of rotatable bonds is 5. The number of hydrogen-bond acceptors (Lipinski definition) is 6. The number of methoxy groups -OCH3 is 2. The fraction of sp³-hybridized carbons (Fsp3) is 0.769. The van der Waals surface area contributed by atoms with Crippen molar-refractivity contribution in [1.82, 2.24) is 5.32 Å². The molecule has 0 aliphatic carbocycles. The number of hydrogen-bond donors (Lipinski definition) is 1. The average Bonchev–Trinajstić information content (AvgIpc) is 2.39. The number of ether oxygens (including phenoxy) is 3. The Hall–Kier alpha value is -1.79. The Labute approximate surface area is 120 Å². The van der Waals surface area contributed by atoms with Gasteiger partial charge in [-0.15, -0.1) is 0 Å². The van der Waals surface area contributed by atoms with Gasteiger partial charge in [0.15, 0.2) is 0 Å². The Morgan fingerprint density at radius 1 is 1.15 bits per heavy atom. The molecule has 7 heteroatoms. The second kappa shape index (κ2) is 7.72. The van der Waals surface area contributed by atoms with E-state index in [0.717, 1.165) is 0 Å². The first-order valence-electron chi connectivity index (χ1n) is 6.79. The van der Waals surface area contributed by atoms with Gasteiger partial charge in [0.1, 0.15) is 11.6 Å². The van der Waals surface area contributed by atoms with Gasteiger partial charge in [0.2, 0.25) is 0 Å². The van der Waals surface area contributed by atoms with Crippen LogP contribution in [0.2, 0.25) is 0 Å². The average molecular weight is 290 g/mol. The topological polar surface area (TPSA) is 90.9 Å². The maximum Gasteiger partial charge on any atom is 0.408 e. The molecule has 0 heterocycles. The highest BCUT2D eigenvalue weighted by atomic mass is 16.6. The molecule has 116 valence electrons. The molecule has 1 amide bonds. The molecule has 20 heavy (non-hydrogen) atoms. The predicted molar refractivity (Wildman–Crippen MR) is 71.0 cm³/mol. The van der Waals surface area contributed by atoms with E-state index in [9.17, 15) is 14.4 Å². The molecule has 0 rings (SSSR count). The van der Waals surface area contributed by atoms with Crippen molar-refractivity contribution in [3.63, 3.8) is 0 Å². The molecule has 0 saturated carbocycles. The first-order valence-corrected chi connectivity index (χ1v) is 6.09. The van der Waals surface area contributed by atoms with Crippen LogP contribution in [0.5, 0.6) is 0 Å². The van der Waals surface area contributed by atoms with Gasteiger partial charge in [-0.3, -0.25) is 4.79 Å². The minimum absolute atomic E-state index is 0.0951. The highest BCUT2D eigenvalue weighted by Crippen LogP contribution is 2.11. The van der Waals surface area contributed by atoms with Gasteiger partial charge in [-0.25, -0.2) is 9.59 Å². The Balaban J connectivity index is 4.85. The van der Waals surface area contributed by atoms with Gasteiger partial charge in [-0.05, 0) is 27.2 Å². The van der Waals surface area contributed by atoms with E-state index in [1.54, 1.807) is 20.8 Å². The number of alkyl carbamates (subject to hydrolysis) is 1. The highest BCUT2D eigenvalue weighted by molar-refractivity contribution is 5.82. The first kappa shape index (κ1) is 16.3. The van der Waals surface area contributed by atoms with Crippen LogP contribution in [-0.4, -0.2) is 43.9 Å².